The van der Waals surface area contributed by atoms with Crippen LogP contribution in [-0.4, -0.2) is 37.9 Å². The molecule has 0 aliphatic rings. The van der Waals surface area contributed by atoms with Crippen LogP contribution in [0.15, 0.2) is 18.3 Å². The third-order valence-electron chi connectivity index (χ3n) is 2.54. The lowest BCUT2D eigenvalue weighted by Crippen LogP contribution is -2.26. The number of nitrogens with zero attached hydrogens (tertiary/aromatic N) is 1. The first-order valence-electron chi connectivity index (χ1n) is 6.35. The summed E-state index contributed by atoms with van der Waals surface area (Å²) in [6, 6.07) is 4.07. The van der Waals surface area contributed by atoms with Gasteiger partial charge in [0.2, 0.25) is 5.88 Å². The summed E-state index contributed by atoms with van der Waals surface area (Å²) in [6.07, 6.45) is 3.65. The van der Waals surface area contributed by atoms with Gasteiger partial charge in [-0.2, -0.15) is 0 Å². The fraction of sp³-hybridized carbons (Fsp3) is 0.615. The van der Waals surface area contributed by atoms with E-state index in [1.807, 2.05) is 19.1 Å². The average Bonchev–Trinajstić information content (AvgIpc) is 2.39. The van der Waals surface area contributed by atoms with Crippen LogP contribution in [0.1, 0.15) is 19.8 Å². The Morgan fingerprint density at radius 3 is 3.00 bits per heavy atom. The molecule has 1 heterocycles. The number of pyridine rings is 1. The number of nitrogens with one attached hydrogen (secondary N) is 1. The number of ether oxygens (including phenoxy) is 2. The second kappa shape index (κ2) is 8.72. The highest BCUT2D eigenvalue weighted by Crippen LogP contribution is 2.22. The van der Waals surface area contributed by atoms with Crippen molar-refractivity contribution in [1.29, 1.82) is 0 Å². The van der Waals surface area contributed by atoms with Crippen molar-refractivity contribution in [2.75, 3.05) is 32.2 Å². The summed E-state index contributed by atoms with van der Waals surface area (Å²) in [5.74, 6) is 0.633. The predicted octanol–water partition coefficient (Wildman–Crippen LogP) is 1.65. The Morgan fingerprint density at radius 2 is 2.33 bits per heavy atom. The minimum atomic E-state index is 0.224. The minimum absolute atomic E-state index is 0.224. The summed E-state index contributed by atoms with van der Waals surface area (Å²) in [4.78, 5) is 4.21. The molecule has 1 unspecified atom stereocenters. The highest BCUT2D eigenvalue weighted by Gasteiger charge is 2.11. The van der Waals surface area contributed by atoms with Gasteiger partial charge in [-0.1, -0.05) is 0 Å². The topological polar surface area (TPSA) is 69.4 Å². The van der Waals surface area contributed by atoms with E-state index in [9.17, 15) is 0 Å². The van der Waals surface area contributed by atoms with Gasteiger partial charge in [0, 0.05) is 19.3 Å². The highest BCUT2D eigenvalue weighted by molar-refractivity contribution is 5.52. The molecule has 1 aromatic rings. The molecule has 0 radical (unpaired) electrons. The van der Waals surface area contributed by atoms with Gasteiger partial charge in [-0.15, -0.1) is 0 Å². The van der Waals surface area contributed by atoms with Crippen LogP contribution in [-0.2, 0) is 4.74 Å². The molecule has 1 atom stereocenters. The van der Waals surface area contributed by atoms with Gasteiger partial charge in [0.05, 0.1) is 18.9 Å². The van der Waals surface area contributed by atoms with E-state index >= 15 is 0 Å². The number of hydrogen-bond donors (Lipinski definition) is 2. The Kier molecular flexibility index (Phi) is 7.13. The Hall–Kier alpha value is -1.33. The Balaban J connectivity index is 2.66. The summed E-state index contributed by atoms with van der Waals surface area (Å²) in [6.45, 7) is 3.87. The van der Waals surface area contributed by atoms with Crippen LogP contribution in [0.4, 0.5) is 5.69 Å². The van der Waals surface area contributed by atoms with Gasteiger partial charge in [0.15, 0.2) is 0 Å². The van der Waals surface area contributed by atoms with Crippen LogP contribution in [0, 0.1) is 0 Å². The predicted molar refractivity (Wildman–Crippen MR) is 73.0 cm³/mol. The smallest absolute Gasteiger partial charge is 0.237 e. The number of aromatic nitrogens is 1. The van der Waals surface area contributed by atoms with Crippen LogP contribution < -0.4 is 15.8 Å². The molecular weight excluding hydrogens is 230 g/mol. The van der Waals surface area contributed by atoms with E-state index in [0.717, 1.165) is 18.5 Å². The molecule has 0 aliphatic carbocycles. The zero-order chi connectivity index (χ0) is 13.2. The zero-order valence-electron chi connectivity index (χ0n) is 11.2. The van der Waals surface area contributed by atoms with Crippen LogP contribution in [0.2, 0.25) is 0 Å². The summed E-state index contributed by atoms with van der Waals surface area (Å²) >= 11 is 0. The third-order valence-corrected chi connectivity index (χ3v) is 2.54. The van der Waals surface area contributed by atoms with E-state index in [1.165, 1.54) is 0 Å². The molecule has 18 heavy (non-hydrogen) atoms. The zero-order valence-corrected chi connectivity index (χ0v) is 11.2. The standard InChI is InChI=1S/C13H23N3O2/c1-3-18-13-12(7-5-9-15-13)16-11(10-17-2)6-4-8-14/h5,7,9,11,16H,3-4,6,8,10,14H2,1-2H3. The average molecular weight is 253 g/mol. The SMILES string of the molecule is CCOc1ncccc1NC(CCCN)COC. The molecule has 1 rings (SSSR count). The summed E-state index contributed by atoms with van der Waals surface area (Å²) in [5, 5.41) is 3.40. The molecule has 0 saturated heterocycles. The highest BCUT2D eigenvalue weighted by atomic mass is 16.5. The molecule has 5 nitrogen and oxygen atoms in total. The number of nitrogens with two attached hydrogens (primary N) is 1. The summed E-state index contributed by atoms with van der Waals surface area (Å²) in [5.41, 5.74) is 6.44. The first-order valence-corrected chi connectivity index (χ1v) is 6.35. The van der Waals surface area contributed by atoms with Crippen LogP contribution in [0.3, 0.4) is 0 Å². The van der Waals surface area contributed by atoms with Crippen molar-refractivity contribution in [2.24, 2.45) is 5.73 Å². The van der Waals surface area contributed by atoms with Crippen molar-refractivity contribution in [1.82, 2.24) is 4.98 Å². The molecule has 0 amide bonds. The normalized spacial score (nSPS) is 12.2. The third kappa shape index (κ3) is 4.89. The lowest BCUT2D eigenvalue weighted by molar-refractivity contribution is 0.182. The fourth-order valence-electron chi connectivity index (χ4n) is 1.73. The Labute approximate surface area is 109 Å². The van der Waals surface area contributed by atoms with Crippen molar-refractivity contribution in [2.45, 2.75) is 25.8 Å². The second-order valence-corrected chi connectivity index (χ2v) is 4.02. The molecule has 0 aliphatic heterocycles. The molecule has 1 aromatic heterocycles. The van der Waals surface area contributed by atoms with Crippen LogP contribution >= 0.6 is 0 Å². The van der Waals surface area contributed by atoms with Crippen molar-refractivity contribution < 1.29 is 9.47 Å². The van der Waals surface area contributed by atoms with Gasteiger partial charge in [0.25, 0.3) is 0 Å². The quantitative estimate of drug-likeness (QED) is 0.700. The van der Waals surface area contributed by atoms with Crippen molar-refractivity contribution in [3.05, 3.63) is 18.3 Å². The summed E-state index contributed by atoms with van der Waals surface area (Å²) in [7, 11) is 1.70. The molecule has 0 spiro atoms. The van der Waals surface area contributed by atoms with E-state index in [-0.39, 0.29) is 6.04 Å². The lowest BCUT2D eigenvalue weighted by atomic mass is 10.1. The number of methoxy groups -OCH3 is 1. The Bertz CT molecular complexity index is 334. The maximum absolute atomic E-state index is 5.54. The number of hydrogen-bond acceptors (Lipinski definition) is 5. The first-order chi connectivity index (χ1) is 8.81. The maximum atomic E-state index is 5.54. The van der Waals surface area contributed by atoms with Gasteiger partial charge in [-0.3, -0.25) is 0 Å². The monoisotopic (exact) mass is 253 g/mol. The molecule has 3 N–H and O–H groups in total. The van der Waals surface area contributed by atoms with Crippen molar-refractivity contribution >= 4 is 5.69 Å². The van der Waals surface area contributed by atoms with E-state index in [2.05, 4.69) is 10.3 Å². The largest absolute Gasteiger partial charge is 0.476 e. The minimum Gasteiger partial charge on any atom is -0.476 e. The van der Waals surface area contributed by atoms with Gasteiger partial charge >= 0.3 is 0 Å². The Morgan fingerprint density at radius 1 is 1.50 bits per heavy atom. The maximum Gasteiger partial charge on any atom is 0.237 e. The van der Waals surface area contributed by atoms with E-state index in [4.69, 9.17) is 15.2 Å². The molecule has 5 heteroatoms. The molecule has 0 aromatic carbocycles. The van der Waals surface area contributed by atoms with Crippen LogP contribution in [0.5, 0.6) is 5.88 Å². The van der Waals surface area contributed by atoms with Gasteiger partial charge in [-0.05, 0) is 38.4 Å². The van der Waals surface area contributed by atoms with Crippen molar-refractivity contribution in [3.8, 4) is 5.88 Å². The molecule has 102 valence electrons. The molecule has 0 saturated carbocycles. The fourth-order valence-corrected chi connectivity index (χ4v) is 1.73. The number of anilines is 1. The van der Waals surface area contributed by atoms with Gasteiger partial charge < -0.3 is 20.5 Å². The van der Waals surface area contributed by atoms with Gasteiger partial charge in [-0.25, -0.2) is 4.98 Å². The molecule has 0 fully saturated rings. The summed E-state index contributed by atoms with van der Waals surface area (Å²) < 4.78 is 10.7. The van der Waals surface area contributed by atoms with E-state index in [0.29, 0.717) is 25.6 Å². The van der Waals surface area contributed by atoms with Crippen LogP contribution in [0.25, 0.3) is 0 Å². The van der Waals surface area contributed by atoms with E-state index in [1.54, 1.807) is 13.3 Å². The number of rotatable bonds is 9. The lowest BCUT2D eigenvalue weighted by Gasteiger charge is -2.20. The van der Waals surface area contributed by atoms with Gasteiger partial charge in [0.1, 0.15) is 0 Å². The van der Waals surface area contributed by atoms with Crippen molar-refractivity contribution in [3.63, 3.8) is 0 Å². The molecular formula is C13H23N3O2. The molecule has 0 bridgehead atoms. The van der Waals surface area contributed by atoms with E-state index < -0.39 is 0 Å². The second-order valence-electron chi connectivity index (χ2n) is 4.02. The first kappa shape index (κ1) is 14.7.